The molecule has 0 saturated carbocycles. The Morgan fingerprint density at radius 2 is 1.95 bits per heavy atom. The molecule has 20 heavy (non-hydrogen) atoms. The van der Waals surface area contributed by atoms with E-state index in [1.807, 2.05) is 20.8 Å². The lowest BCUT2D eigenvalue weighted by atomic mass is 9.91. The third-order valence-electron chi connectivity index (χ3n) is 3.42. The standard InChI is InChI=1S/C14H24BrN3OS/c1-6-9(7-2)10(15)8-16-13(19)11-12(14(3,4)5)17-18-20-11/h9-10H,6-8H2,1-5H3,(H,16,19). The Kier molecular flexibility index (Phi) is 6.58. The van der Waals surface area contributed by atoms with Crippen LogP contribution >= 0.6 is 27.5 Å². The summed E-state index contributed by atoms with van der Waals surface area (Å²) in [5.74, 6) is 0.511. The highest BCUT2D eigenvalue weighted by Crippen LogP contribution is 2.26. The summed E-state index contributed by atoms with van der Waals surface area (Å²) in [5.41, 5.74) is 0.608. The van der Waals surface area contributed by atoms with Gasteiger partial charge in [-0.2, -0.15) is 0 Å². The van der Waals surface area contributed by atoms with Gasteiger partial charge in [0.15, 0.2) is 0 Å². The molecule has 6 heteroatoms. The minimum absolute atomic E-state index is 0.0691. The van der Waals surface area contributed by atoms with Crippen LogP contribution in [0.4, 0.5) is 0 Å². The quantitative estimate of drug-likeness (QED) is 0.784. The van der Waals surface area contributed by atoms with Crippen molar-refractivity contribution in [2.75, 3.05) is 6.54 Å². The van der Waals surface area contributed by atoms with E-state index in [4.69, 9.17) is 0 Å². The van der Waals surface area contributed by atoms with E-state index < -0.39 is 0 Å². The molecule has 0 radical (unpaired) electrons. The molecule has 1 rings (SSSR count). The smallest absolute Gasteiger partial charge is 0.265 e. The van der Waals surface area contributed by atoms with Gasteiger partial charge in [-0.05, 0) is 17.5 Å². The van der Waals surface area contributed by atoms with Crippen LogP contribution in [0.1, 0.15) is 62.8 Å². The van der Waals surface area contributed by atoms with Crippen LogP contribution in [0.25, 0.3) is 0 Å². The molecule has 1 heterocycles. The highest BCUT2D eigenvalue weighted by molar-refractivity contribution is 9.09. The van der Waals surface area contributed by atoms with Gasteiger partial charge in [-0.15, -0.1) is 5.10 Å². The number of carbonyl (C=O) groups is 1. The average molecular weight is 362 g/mol. The number of carbonyl (C=O) groups excluding carboxylic acids is 1. The zero-order chi connectivity index (χ0) is 15.3. The van der Waals surface area contributed by atoms with Crippen LogP contribution in [0.2, 0.25) is 0 Å². The van der Waals surface area contributed by atoms with Gasteiger partial charge < -0.3 is 5.32 Å². The second-order valence-electron chi connectivity index (χ2n) is 6.00. The predicted octanol–water partition coefficient (Wildman–Crippen LogP) is 3.77. The topological polar surface area (TPSA) is 54.9 Å². The third kappa shape index (κ3) is 4.52. The van der Waals surface area contributed by atoms with Gasteiger partial charge in [0.2, 0.25) is 0 Å². The van der Waals surface area contributed by atoms with Crippen LogP contribution in [-0.4, -0.2) is 26.9 Å². The number of alkyl halides is 1. The normalized spacial score (nSPS) is 13.6. The molecule has 0 saturated heterocycles. The molecule has 0 aliphatic rings. The number of nitrogens with one attached hydrogen (secondary N) is 1. The summed E-state index contributed by atoms with van der Waals surface area (Å²) >= 11 is 4.84. The molecule has 1 unspecified atom stereocenters. The number of hydrogen-bond acceptors (Lipinski definition) is 4. The van der Waals surface area contributed by atoms with E-state index in [0.717, 1.165) is 18.5 Å². The summed E-state index contributed by atoms with van der Waals surface area (Å²) < 4.78 is 3.92. The van der Waals surface area contributed by atoms with Crippen molar-refractivity contribution in [2.24, 2.45) is 5.92 Å². The highest BCUT2D eigenvalue weighted by atomic mass is 79.9. The Morgan fingerprint density at radius 3 is 2.45 bits per heavy atom. The van der Waals surface area contributed by atoms with Crippen LogP contribution < -0.4 is 5.32 Å². The first-order chi connectivity index (χ1) is 9.31. The molecule has 1 aromatic rings. The molecule has 0 aliphatic heterocycles. The first-order valence-corrected chi connectivity index (χ1v) is 8.75. The zero-order valence-electron chi connectivity index (χ0n) is 12.9. The Morgan fingerprint density at radius 1 is 1.35 bits per heavy atom. The summed E-state index contributed by atoms with van der Waals surface area (Å²) in [6.45, 7) is 11.1. The maximum Gasteiger partial charge on any atom is 0.265 e. The lowest BCUT2D eigenvalue weighted by molar-refractivity contribution is 0.0953. The van der Waals surface area contributed by atoms with Crippen LogP contribution in [-0.2, 0) is 5.41 Å². The molecule has 1 amide bonds. The second kappa shape index (κ2) is 7.50. The Hall–Kier alpha value is -0.490. The van der Waals surface area contributed by atoms with E-state index in [1.54, 1.807) is 0 Å². The summed E-state index contributed by atoms with van der Waals surface area (Å²) in [7, 11) is 0. The lowest BCUT2D eigenvalue weighted by Gasteiger charge is -2.20. The molecule has 4 nitrogen and oxygen atoms in total. The molecular weight excluding hydrogens is 338 g/mol. The van der Waals surface area contributed by atoms with Crippen molar-refractivity contribution in [3.63, 3.8) is 0 Å². The van der Waals surface area contributed by atoms with Gasteiger partial charge in [-0.1, -0.05) is 67.9 Å². The van der Waals surface area contributed by atoms with Gasteiger partial charge in [0.1, 0.15) is 4.88 Å². The van der Waals surface area contributed by atoms with E-state index in [2.05, 4.69) is 44.7 Å². The van der Waals surface area contributed by atoms with Crippen molar-refractivity contribution < 1.29 is 4.79 Å². The van der Waals surface area contributed by atoms with Crippen LogP contribution in [0.3, 0.4) is 0 Å². The van der Waals surface area contributed by atoms with E-state index >= 15 is 0 Å². The van der Waals surface area contributed by atoms with Crippen molar-refractivity contribution in [3.8, 4) is 0 Å². The van der Waals surface area contributed by atoms with Crippen molar-refractivity contribution in [2.45, 2.75) is 57.7 Å². The molecule has 0 aromatic carbocycles. The highest BCUT2D eigenvalue weighted by Gasteiger charge is 2.26. The SMILES string of the molecule is CCC(CC)C(Br)CNC(=O)c1snnc1C(C)(C)C. The van der Waals surface area contributed by atoms with E-state index in [-0.39, 0.29) is 11.3 Å². The first-order valence-electron chi connectivity index (χ1n) is 7.06. The van der Waals surface area contributed by atoms with Crippen molar-refractivity contribution in [1.82, 2.24) is 14.9 Å². The maximum atomic E-state index is 12.3. The fraction of sp³-hybridized carbons (Fsp3) is 0.786. The van der Waals surface area contributed by atoms with E-state index in [9.17, 15) is 4.79 Å². The van der Waals surface area contributed by atoms with Gasteiger partial charge in [-0.3, -0.25) is 4.79 Å². The molecule has 1 aromatic heterocycles. The number of halogens is 1. The van der Waals surface area contributed by atoms with Gasteiger partial charge in [-0.25, -0.2) is 0 Å². The van der Waals surface area contributed by atoms with Gasteiger partial charge >= 0.3 is 0 Å². The molecule has 0 spiro atoms. The third-order valence-corrected chi connectivity index (χ3v) is 5.22. The number of aromatic nitrogens is 2. The number of amides is 1. The Labute approximate surface area is 134 Å². The van der Waals surface area contributed by atoms with Gasteiger partial charge in [0.05, 0.1) is 5.69 Å². The minimum atomic E-state index is -0.164. The fourth-order valence-electron chi connectivity index (χ4n) is 2.07. The van der Waals surface area contributed by atoms with Crippen LogP contribution in [0.5, 0.6) is 0 Å². The monoisotopic (exact) mass is 361 g/mol. The van der Waals surface area contributed by atoms with Crippen molar-refractivity contribution in [1.29, 1.82) is 0 Å². The number of rotatable bonds is 6. The van der Waals surface area contributed by atoms with Crippen molar-refractivity contribution in [3.05, 3.63) is 10.6 Å². The van der Waals surface area contributed by atoms with Crippen LogP contribution in [0.15, 0.2) is 0 Å². The minimum Gasteiger partial charge on any atom is -0.350 e. The number of hydrogen-bond donors (Lipinski definition) is 1. The predicted molar refractivity (Wildman–Crippen MR) is 87.7 cm³/mol. The first kappa shape index (κ1) is 17.6. The summed E-state index contributed by atoms with van der Waals surface area (Å²) in [4.78, 5) is 13.2. The lowest BCUT2D eigenvalue weighted by Crippen LogP contribution is -2.33. The Balaban J connectivity index is 2.67. The molecule has 0 fully saturated rings. The molecule has 114 valence electrons. The molecule has 0 bridgehead atoms. The van der Waals surface area contributed by atoms with Gasteiger partial charge in [0, 0.05) is 16.8 Å². The largest absolute Gasteiger partial charge is 0.350 e. The van der Waals surface area contributed by atoms with Crippen LogP contribution in [0, 0.1) is 5.92 Å². The van der Waals surface area contributed by atoms with Gasteiger partial charge in [0.25, 0.3) is 5.91 Å². The average Bonchev–Trinajstić information content (AvgIpc) is 2.86. The summed E-state index contributed by atoms with van der Waals surface area (Å²) in [6.07, 6.45) is 2.22. The van der Waals surface area contributed by atoms with E-state index in [1.165, 1.54) is 11.5 Å². The molecular formula is C14H24BrN3OS. The van der Waals surface area contributed by atoms with Crippen molar-refractivity contribution >= 4 is 33.4 Å². The zero-order valence-corrected chi connectivity index (χ0v) is 15.3. The summed E-state index contributed by atoms with van der Waals surface area (Å²) in [5, 5.41) is 7.09. The Bertz CT molecular complexity index is 438. The number of nitrogens with zero attached hydrogens (tertiary/aromatic N) is 2. The molecule has 0 aliphatic carbocycles. The maximum absolute atomic E-state index is 12.3. The molecule has 1 atom stereocenters. The fourth-order valence-corrected chi connectivity index (χ4v) is 3.77. The molecule has 1 N–H and O–H groups in total. The second-order valence-corrected chi connectivity index (χ2v) is 7.93. The van der Waals surface area contributed by atoms with E-state index in [0.29, 0.717) is 22.2 Å². The summed E-state index contributed by atoms with van der Waals surface area (Å²) in [6, 6.07) is 0.